The van der Waals surface area contributed by atoms with Gasteiger partial charge < -0.3 is 10.2 Å². The highest BCUT2D eigenvalue weighted by Crippen LogP contribution is 2.25. The molecule has 1 aliphatic rings. The topological polar surface area (TPSA) is 52.7 Å². The molecule has 3 aromatic rings. The summed E-state index contributed by atoms with van der Waals surface area (Å²) in [4.78, 5) is 29.1. The van der Waals surface area contributed by atoms with Gasteiger partial charge in [0.15, 0.2) is 0 Å². The summed E-state index contributed by atoms with van der Waals surface area (Å²) >= 11 is 18.0. The fourth-order valence-electron chi connectivity index (χ4n) is 3.59. The molecule has 0 unspecified atom stereocenters. The van der Waals surface area contributed by atoms with Crippen LogP contribution >= 0.6 is 34.8 Å². The number of hydrogen-bond donors (Lipinski definition) is 1. The Kier molecular flexibility index (Phi) is 6.89. The van der Waals surface area contributed by atoms with Gasteiger partial charge >= 0.3 is 6.03 Å². The number of anilines is 2. The SMILES string of the molecule is O=C(Nc1ccc(N2CCCN(Cc3cccc(Cl)c3)C2=O)cc1)c1ccc(Cl)c(Cl)c1. The van der Waals surface area contributed by atoms with Crippen LogP contribution in [0.5, 0.6) is 0 Å². The summed E-state index contributed by atoms with van der Waals surface area (Å²) in [6.07, 6.45) is 0.863. The zero-order valence-corrected chi connectivity index (χ0v) is 19.3. The summed E-state index contributed by atoms with van der Waals surface area (Å²) in [7, 11) is 0. The Morgan fingerprint density at radius 2 is 1.69 bits per heavy atom. The third kappa shape index (κ3) is 5.18. The lowest BCUT2D eigenvalue weighted by molar-refractivity contribution is 0.102. The van der Waals surface area contributed by atoms with Crippen molar-refractivity contribution >= 4 is 58.1 Å². The molecule has 0 atom stereocenters. The fourth-order valence-corrected chi connectivity index (χ4v) is 4.10. The summed E-state index contributed by atoms with van der Waals surface area (Å²) in [5.41, 5.74) is 2.79. The Bertz CT molecular complexity index is 1150. The number of halogens is 3. The molecule has 1 heterocycles. The van der Waals surface area contributed by atoms with Crippen molar-refractivity contribution in [2.75, 3.05) is 23.3 Å². The Labute approximate surface area is 201 Å². The molecule has 4 rings (SSSR count). The first-order chi connectivity index (χ1) is 15.4. The van der Waals surface area contributed by atoms with E-state index in [1.54, 1.807) is 29.2 Å². The van der Waals surface area contributed by atoms with E-state index in [9.17, 15) is 9.59 Å². The van der Waals surface area contributed by atoms with Crippen molar-refractivity contribution in [2.45, 2.75) is 13.0 Å². The standard InChI is InChI=1S/C24H20Cl3N3O2/c25-18-4-1-3-16(13-18)15-29-11-2-12-30(24(29)32)20-8-6-19(7-9-20)28-23(31)17-5-10-21(26)22(27)14-17/h1,3-10,13-14H,2,11-12,15H2,(H,28,31). The van der Waals surface area contributed by atoms with E-state index < -0.39 is 0 Å². The first-order valence-electron chi connectivity index (χ1n) is 10.1. The maximum absolute atomic E-state index is 13.0. The highest BCUT2D eigenvalue weighted by molar-refractivity contribution is 6.42. The maximum atomic E-state index is 13.0. The third-order valence-corrected chi connectivity index (χ3v) is 6.17. The molecule has 0 aliphatic carbocycles. The average Bonchev–Trinajstić information content (AvgIpc) is 2.78. The number of carbonyl (C=O) groups excluding carboxylic acids is 2. The highest BCUT2D eigenvalue weighted by Gasteiger charge is 2.26. The van der Waals surface area contributed by atoms with Crippen molar-refractivity contribution in [3.63, 3.8) is 0 Å². The van der Waals surface area contributed by atoms with Crippen LogP contribution in [-0.2, 0) is 6.54 Å². The zero-order chi connectivity index (χ0) is 22.7. The Morgan fingerprint density at radius 3 is 2.41 bits per heavy atom. The molecule has 0 saturated carbocycles. The van der Waals surface area contributed by atoms with E-state index in [2.05, 4.69) is 5.32 Å². The fraction of sp³-hybridized carbons (Fsp3) is 0.167. The lowest BCUT2D eigenvalue weighted by Gasteiger charge is -2.35. The van der Waals surface area contributed by atoms with Gasteiger partial charge in [0, 0.05) is 41.6 Å². The maximum Gasteiger partial charge on any atom is 0.324 e. The van der Waals surface area contributed by atoms with Gasteiger partial charge in [-0.15, -0.1) is 0 Å². The van der Waals surface area contributed by atoms with Crippen molar-refractivity contribution in [2.24, 2.45) is 0 Å². The zero-order valence-electron chi connectivity index (χ0n) is 17.0. The van der Waals surface area contributed by atoms with Crippen LogP contribution in [0.2, 0.25) is 15.1 Å². The summed E-state index contributed by atoms with van der Waals surface area (Å²) < 4.78 is 0. The second-order valence-corrected chi connectivity index (χ2v) is 8.72. The molecule has 0 radical (unpaired) electrons. The normalized spacial score (nSPS) is 13.9. The van der Waals surface area contributed by atoms with E-state index in [4.69, 9.17) is 34.8 Å². The summed E-state index contributed by atoms with van der Waals surface area (Å²) in [5, 5.41) is 4.19. The number of nitrogens with zero attached hydrogens (tertiary/aromatic N) is 2. The Balaban J connectivity index is 1.43. The van der Waals surface area contributed by atoms with Crippen LogP contribution in [0.1, 0.15) is 22.3 Å². The summed E-state index contributed by atoms with van der Waals surface area (Å²) in [5.74, 6) is -0.293. The van der Waals surface area contributed by atoms with Gasteiger partial charge in [0.1, 0.15) is 0 Å². The molecule has 1 fully saturated rings. The van der Waals surface area contributed by atoms with Crippen molar-refractivity contribution < 1.29 is 9.59 Å². The van der Waals surface area contributed by atoms with E-state index in [0.717, 1.165) is 17.7 Å². The minimum atomic E-state index is -0.293. The van der Waals surface area contributed by atoms with Crippen molar-refractivity contribution in [3.8, 4) is 0 Å². The van der Waals surface area contributed by atoms with E-state index in [0.29, 0.717) is 46.0 Å². The number of carbonyl (C=O) groups is 2. The van der Waals surface area contributed by atoms with E-state index in [1.807, 2.05) is 41.3 Å². The molecule has 3 amide bonds. The predicted octanol–water partition coefficient (Wildman–Crippen LogP) is 6.73. The summed E-state index contributed by atoms with van der Waals surface area (Å²) in [6.45, 7) is 1.84. The minimum Gasteiger partial charge on any atom is -0.322 e. The van der Waals surface area contributed by atoms with Gasteiger partial charge in [-0.05, 0) is 66.6 Å². The molecule has 1 aliphatic heterocycles. The molecule has 5 nitrogen and oxygen atoms in total. The van der Waals surface area contributed by atoms with Gasteiger partial charge in [-0.25, -0.2) is 4.79 Å². The van der Waals surface area contributed by atoms with Gasteiger partial charge in [0.05, 0.1) is 10.0 Å². The average molecular weight is 489 g/mol. The van der Waals surface area contributed by atoms with Crippen LogP contribution in [0, 0.1) is 0 Å². The van der Waals surface area contributed by atoms with Crippen molar-refractivity contribution in [1.82, 2.24) is 4.90 Å². The van der Waals surface area contributed by atoms with E-state index in [-0.39, 0.29) is 11.9 Å². The molecular formula is C24H20Cl3N3O2. The predicted molar refractivity (Wildman–Crippen MR) is 130 cm³/mol. The van der Waals surface area contributed by atoms with E-state index in [1.165, 1.54) is 6.07 Å². The lowest BCUT2D eigenvalue weighted by Crippen LogP contribution is -2.49. The smallest absolute Gasteiger partial charge is 0.322 e. The van der Waals surface area contributed by atoms with Gasteiger partial charge in [-0.2, -0.15) is 0 Å². The van der Waals surface area contributed by atoms with Gasteiger partial charge in [0.25, 0.3) is 5.91 Å². The molecule has 32 heavy (non-hydrogen) atoms. The number of hydrogen-bond acceptors (Lipinski definition) is 2. The van der Waals surface area contributed by atoms with Crippen LogP contribution in [0.15, 0.2) is 66.7 Å². The summed E-state index contributed by atoms with van der Waals surface area (Å²) in [6, 6.07) is 19.4. The largest absolute Gasteiger partial charge is 0.324 e. The molecular weight excluding hydrogens is 469 g/mol. The molecule has 1 N–H and O–H groups in total. The Morgan fingerprint density at radius 1 is 0.906 bits per heavy atom. The van der Waals surface area contributed by atoms with Crippen LogP contribution < -0.4 is 10.2 Å². The molecule has 0 aromatic heterocycles. The number of benzene rings is 3. The first kappa shape index (κ1) is 22.5. The lowest BCUT2D eigenvalue weighted by atomic mass is 10.1. The first-order valence-corrected chi connectivity index (χ1v) is 11.2. The molecule has 0 bridgehead atoms. The number of amides is 3. The molecule has 0 spiro atoms. The number of nitrogens with one attached hydrogen (secondary N) is 1. The second kappa shape index (κ2) is 9.82. The van der Waals surface area contributed by atoms with Crippen LogP contribution in [-0.4, -0.2) is 29.9 Å². The number of rotatable bonds is 5. The molecule has 3 aromatic carbocycles. The van der Waals surface area contributed by atoms with Gasteiger partial charge in [-0.3, -0.25) is 9.69 Å². The van der Waals surface area contributed by atoms with Crippen LogP contribution in [0.4, 0.5) is 16.2 Å². The quantitative estimate of drug-likeness (QED) is 0.433. The van der Waals surface area contributed by atoms with Crippen molar-refractivity contribution in [1.29, 1.82) is 0 Å². The highest BCUT2D eigenvalue weighted by atomic mass is 35.5. The molecule has 1 saturated heterocycles. The van der Waals surface area contributed by atoms with E-state index >= 15 is 0 Å². The van der Waals surface area contributed by atoms with Crippen molar-refractivity contribution in [3.05, 3.63) is 92.9 Å². The monoisotopic (exact) mass is 487 g/mol. The third-order valence-electron chi connectivity index (χ3n) is 5.19. The van der Waals surface area contributed by atoms with Gasteiger partial charge in [-0.1, -0.05) is 46.9 Å². The molecule has 8 heteroatoms. The van der Waals surface area contributed by atoms with Crippen LogP contribution in [0.25, 0.3) is 0 Å². The second-order valence-electron chi connectivity index (χ2n) is 7.47. The van der Waals surface area contributed by atoms with Crippen LogP contribution in [0.3, 0.4) is 0 Å². The Hall–Kier alpha value is -2.73. The molecule has 164 valence electrons. The minimum absolute atomic E-state index is 0.0520. The van der Waals surface area contributed by atoms with Gasteiger partial charge in [0.2, 0.25) is 0 Å². The number of urea groups is 1.